The zero-order valence-corrected chi connectivity index (χ0v) is 12.2. The zero-order chi connectivity index (χ0) is 16.3. The number of nitrogens with one attached hydrogen (secondary N) is 1. The Bertz CT molecular complexity index is 677. The lowest BCUT2D eigenvalue weighted by Crippen LogP contribution is -2.24. The van der Waals surface area contributed by atoms with Gasteiger partial charge in [0, 0.05) is 6.54 Å². The monoisotopic (exact) mass is 311 g/mol. The van der Waals surface area contributed by atoms with Crippen molar-refractivity contribution in [3.8, 4) is 5.69 Å². The molecular weight excluding hydrogens is 295 g/mol. The lowest BCUT2D eigenvalue weighted by Gasteiger charge is -2.10. The van der Waals surface area contributed by atoms with E-state index in [1.807, 2.05) is 6.92 Å². The summed E-state index contributed by atoms with van der Waals surface area (Å²) in [5.74, 6) is -0.280. The van der Waals surface area contributed by atoms with Gasteiger partial charge in [0.2, 0.25) is 0 Å². The third kappa shape index (κ3) is 3.29. The predicted octanol–water partition coefficient (Wildman–Crippen LogP) is 3.34. The molecule has 1 aromatic carbocycles. The van der Waals surface area contributed by atoms with E-state index in [1.54, 1.807) is 6.92 Å². The second kappa shape index (κ2) is 6.21. The molecule has 22 heavy (non-hydrogen) atoms. The summed E-state index contributed by atoms with van der Waals surface area (Å²) >= 11 is 0. The molecule has 7 heteroatoms. The number of halogens is 3. The summed E-state index contributed by atoms with van der Waals surface area (Å²) in [6.07, 6.45) is -2.26. The van der Waals surface area contributed by atoms with Crippen molar-refractivity contribution >= 4 is 5.91 Å². The van der Waals surface area contributed by atoms with Crippen molar-refractivity contribution in [2.45, 2.75) is 26.4 Å². The van der Waals surface area contributed by atoms with Gasteiger partial charge in [-0.05, 0) is 31.5 Å². The molecule has 0 spiro atoms. The van der Waals surface area contributed by atoms with Crippen LogP contribution in [-0.4, -0.2) is 22.2 Å². The van der Waals surface area contributed by atoms with E-state index in [1.165, 1.54) is 23.0 Å². The molecule has 1 aromatic heterocycles. The highest BCUT2D eigenvalue weighted by atomic mass is 19.4. The van der Waals surface area contributed by atoms with Crippen molar-refractivity contribution in [3.63, 3.8) is 0 Å². The summed E-state index contributed by atoms with van der Waals surface area (Å²) in [7, 11) is 0. The van der Waals surface area contributed by atoms with Gasteiger partial charge in [-0.25, -0.2) is 4.68 Å². The Morgan fingerprint density at radius 2 is 2.09 bits per heavy atom. The summed E-state index contributed by atoms with van der Waals surface area (Å²) in [4.78, 5) is 12.0. The normalized spacial score (nSPS) is 11.5. The average Bonchev–Trinajstić information content (AvgIpc) is 2.86. The summed E-state index contributed by atoms with van der Waals surface area (Å²) in [6.45, 7) is 4.11. The summed E-state index contributed by atoms with van der Waals surface area (Å²) in [5.41, 5.74) is 0.359. The molecule has 0 fully saturated rings. The van der Waals surface area contributed by atoms with Gasteiger partial charge >= 0.3 is 6.18 Å². The number of rotatable bonds is 4. The molecule has 0 bridgehead atoms. The van der Waals surface area contributed by atoms with Crippen LogP contribution in [0.4, 0.5) is 13.2 Å². The van der Waals surface area contributed by atoms with E-state index in [4.69, 9.17) is 0 Å². The number of carbonyl (C=O) groups excluding carboxylic acids is 1. The number of aromatic nitrogens is 2. The molecule has 0 radical (unpaired) electrons. The van der Waals surface area contributed by atoms with Crippen LogP contribution in [0.25, 0.3) is 5.69 Å². The van der Waals surface area contributed by atoms with Gasteiger partial charge in [0.1, 0.15) is 0 Å². The molecule has 0 aliphatic carbocycles. The molecule has 0 saturated heterocycles. The van der Waals surface area contributed by atoms with Gasteiger partial charge in [0.05, 0.1) is 28.7 Å². The molecule has 0 saturated carbocycles. The van der Waals surface area contributed by atoms with Gasteiger partial charge in [-0.2, -0.15) is 18.3 Å². The molecule has 1 amide bonds. The summed E-state index contributed by atoms with van der Waals surface area (Å²) < 4.78 is 39.6. The number of carbonyl (C=O) groups is 1. The minimum absolute atomic E-state index is 0.266. The largest absolute Gasteiger partial charge is 0.416 e. The van der Waals surface area contributed by atoms with Crippen molar-refractivity contribution in [3.05, 3.63) is 47.3 Å². The lowest BCUT2D eigenvalue weighted by atomic mass is 10.2. The predicted molar refractivity (Wildman–Crippen MR) is 75.9 cm³/mol. The molecule has 0 aliphatic rings. The molecular formula is C15H16F3N3O. The smallest absolute Gasteiger partial charge is 0.352 e. The second-order valence-electron chi connectivity index (χ2n) is 4.86. The second-order valence-corrected chi connectivity index (χ2v) is 4.86. The van der Waals surface area contributed by atoms with Gasteiger partial charge in [-0.1, -0.05) is 13.0 Å². The number of hydrogen-bond acceptors (Lipinski definition) is 2. The molecule has 2 aromatic rings. The van der Waals surface area contributed by atoms with E-state index in [0.29, 0.717) is 17.8 Å². The van der Waals surface area contributed by atoms with Crippen LogP contribution in [0.1, 0.15) is 35.0 Å². The summed E-state index contributed by atoms with van der Waals surface area (Å²) in [6, 6.07) is 4.84. The standard InChI is InChI=1S/C15H16F3N3O/c1-3-7-19-14(22)13-9-20-21(10(13)2)12-6-4-5-11(8-12)15(16,17)18/h4-6,8-9H,3,7H2,1-2H3,(H,19,22). The highest BCUT2D eigenvalue weighted by Gasteiger charge is 2.30. The van der Waals surface area contributed by atoms with Gasteiger partial charge < -0.3 is 5.32 Å². The Hall–Kier alpha value is -2.31. The van der Waals surface area contributed by atoms with Gasteiger partial charge in [0.15, 0.2) is 0 Å². The molecule has 2 rings (SSSR count). The van der Waals surface area contributed by atoms with Crippen LogP contribution in [-0.2, 0) is 6.18 Å². The first-order valence-electron chi connectivity index (χ1n) is 6.85. The van der Waals surface area contributed by atoms with Gasteiger partial charge in [-0.3, -0.25) is 4.79 Å². The first-order chi connectivity index (χ1) is 10.3. The Morgan fingerprint density at radius 3 is 2.73 bits per heavy atom. The van der Waals surface area contributed by atoms with Crippen LogP contribution in [0.5, 0.6) is 0 Å². The zero-order valence-electron chi connectivity index (χ0n) is 12.2. The quantitative estimate of drug-likeness (QED) is 0.941. The van der Waals surface area contributed by atoms with Crippen molar-refractivity contribution in [1.29, 1.82) is 0 Å². The maximum atomic E-state index is 12.8. The number of benzene rings is 1. The van der Waals surface area contributed by atoms with E-state index < -0.39 is 11.7 Å². The van der Waals surface area contributed by atoms with Crippen molar-refractivity contribution in [2.75, 3.05) is 6.54 Å². The van der Waals surface area contributed by atoms with Crippen LogP contribution in [0.2, 0.25) is 0 Å². The fourth-order valence-electron chi connectivity index (χ4n) is 2.04. The van der Waals surface area contributed by atoms with Gasteiger partial charge in [-0.15, -0.1) is 0 Å². The Morgan fingerprint density at radius 1 is 1.36 bits per heavy atom. The van der Waals surface area contributed by atoms with Crippen LogP contribution in [0, 0.1) is 6.92 Å². The molecule has 4 nitrogen and oxygen atoms in total. The SMILES string of the molecule is CCCNC(=O)c1cnn(-c2cccc(C(F)(F)F)c2)c1C. The lowest BCUT2D eigenvalue weighted by molar-refractivity contribution is -0.137. The first-order valence-corrected chi connectivity index (χ1v) is 6.85. The van der Waals surface area contributed by atoms with E-state index in [0.717, 1.165) is 18.6 Å². The third-order valence-corrected chi connectivity index (χ3v) is 3.21. The van der Waals surface area contributed by atoms with E-state index in [9.17, 15) is 18.0 Å². The summed E-state index contributed by atoms with van der Waals surface area (Å²) in [5, 5.41) is 6.74. The molecule has 0 atom stereocenters. The van der Waals surface area contributed by atoms with Gasteiger partial charge in [0.25, 0.3) is 5.91 Å². The molecule has 0 unspecified atom stereocenters. The Kier molecular flexibility index (Phi) is 4.54. The Labute approximate surface area is 125 Å². The maximum absolute atomic E-state index is 12.8. The maximum Gasteiger partial charge on any atom is 0.416 e. The number of hydrogen-bond donors (Lipinski definition) is 1. The number of alkyl halides is 3. The van der Waals surface area contributed by atoms with Crippen LogP contribution >= 0.6 is 0 Å². The van der Waals surface area contributed by atoms with Crippen molar-refractivity contribution < 1.29 is 18.0 Å². The number of amides is 1. The topological polar surface area (TPSA) is 46.9 Å². The average molecular weight is 311 g/mol. The van der Waals surface area contributed by atoms with Crippen LogP contribution in [0.15, 0.2) is 30.5 Å². The molecule has 1 heterocycles. The minimum Gasteiger partial charge on any atom is -0.352 e. The molecule has 0 aliphatic heterocycles. The van der Waals surface area contributed by atoms with Crippen LogP contribution < -0.4 is 5.32 Å². The fourth-order valence-corrected chi connectivity index (χ4v) is 2.04. The van der Waals surface area contributed by atoms with E-state index in [2.05, 4.69) is 10.4 Å². The molecule has 1 N–H and O–H groups in total. The fraction of sp³-hybridized carbons (Fsp3) is 0.333. The third-order valence-electron chi connectivity index (χ3n) is 3.21. The Balaban J connectivity index is 2.35. The number of nitrogens with zero attached hydrogens (tertiary/aromatic N) is 2. The minimum atomic E-state index is -4.42. The van der Waals surface area contributed by atoms with Crippen molar-refractivity contribution in [2.24, 2.45) is 0 Å². The highest BCUT2D eigenvalue weighted by molar-refractivity contribution is 5.95. The van der Waals surface area contributed by atoms with Crippen LogP contribution in [0.3, 0.4) is 0 Å². The van der Waals surface area contributed by atoms with Crippen molar-refractivity contribution in [1.82, 2.24) is 15.1 Å². The van der Waals surface area contributed by atoms with E-state index in [-0.39, 0.29) is 11.6 Å². The molecule has 118 valence electrons. The highest BCUT2D eigenvalue weighted by Crippen LogP contribution is 2.30. The first kappa shape index (κ1) is 16.1. The van der Waals surface area contributed by atoms with E-state index >= 15 is 0 Å².